The van der Waals surface area contributed by atoms with Gasteiger partial charge in [-0.3, -0.25) is 9.69 Å². The molecule has 0 radical (unpaired) electrons. The molecule has 5 aromatic rings. The summed E-state index contributed by atoms with van der Waals surface area (Å²) < 4.78 is 39.1. The Hall–Kier alpha value is -4.03. The van der Waals surface area contributed by atoms with E-state index < -0.39 is 11.7 Å². The molecule has 1 heterocycles. The van der Waals surface area contributed by atoms with Crippen LogP contribution < -0.4 is 4.90 Å². The molecule has 176 valence electrons. The fourth-order valence-corrected chi connectivity index (χ4v) is 5.45. The number of nitrogens with zero attached hydrogens (tertiary/aromatic N) is 1. The molecule has 2 nitrogen and oxygen atoms in total. The van der Waals surface area contributed by atoms with Crippen LogP contribution in [0.25, 0.3) is 21.9 Å². The molecule has 0 spiro atoms. The largest absolute Gasteiger partial charge is 0.416 e. The zero-order valence-corrected chi connectivity index (χ0v) is 19.6. The monoisotopic (exact) mass is 497 g/mol. The van der Waals surface area contributed by atoms with E-state index in [0.717, 1.165) is 43.8 Å². The number of halogens is 3. The van der Waals surface area contributed by atoms with Crippen molar-refractivity contribution in [1.29, 1.82) is 0 Å². The quantitative estimate of drug-likeness (QED) is 0.247. The highest BCUT2D eigenvalue weighted by atomic mass is 32.2. The Morgan fingerprint density at radius 2 is 1.33 bits per heavy atom. The lowest BCUT2D eigenvalue weighted by molar-refractivity contribution is -0.137. The minimum atomic E-state index is -4.43. The molecule has 1 amide bonds. The van der Waals surface area contributed by atoms with Crippen molar-refractivity contribution in [3.63, 3.8) is 0 Å². The molecule has 0 fully saturated rings. The van der Waals surface area contributed by atoms with Gasteiger partial charge in [0.15, 0.2) is 0 Å². The highest BCUT2D eigenvalue weighted by molar-refractivity contribution is 7.99. The van der Waals surface area contributed by atoms with Crippen molar-refractivity contribution >= 4 is 39.8 Å². The summed E-state index contributed by atoms with van der Waals surface area (Å²) in [4.78, 5) is 17.1. The maximum atomic E-state index is 13.3. The Balaban J connectivity index is 1.38. The second-order valence-corrected chi connectivity index (χ2v) is 9.63. The molecule has 5 aromatic carbocycles. The van der Waals surface area contributed by atoms with E-state index in [1.807, 2.05) is 42.5 Å². The van der Waals surface area contributed by atoms with Crippen molar-refractivity contribution < 1.29 is 18.0 Å². The van der Waals surface area contributed by atoms with Crippen LogP contribution in [0.2, 0.25) is 0 Å². The number of hydrogen-bond acceptors (Lipinski definition) is 2. The van der Waals surface area contributed by atoms with Crippen LogP contribution in [0.1, 0.15) is 15.9 Å². The fourth-order valence-electron chi connectivity index (χ4n) is 4.62. The molecule has 0 aromatic heterocycles. The van der Waals surface area contributed by atoms with Crippen LogP contribution in [-0.2, 0) is 6.18 Å². The van der Waals surface area contributed by atoms with Gasteiger partial charge in [0, 0.05) is 20.9 Å². The van der Waals surface area contributed by atoms with Gasteiger partial charge in [0.05, 0.1) is 16.8 Å². The minimum Gasteiger partial charge on any atom is -0.276 e. The van der Waals surface area contributed by atoms with Crippen molar-refractivity contribution in [2.45, 2.75) is 16.0 Å². The van der Waals surface area contributed by atoms with Gasteiger partial charge in [-0.1, -0.05) is 60.3 Å². The van der Waals surface area contributed by atoms with E-state index in [0.29, 0.717) is 16.9 Å². The zero-order chi connectivity index (χ0) is 24.9. The first-order valence-electron chi connectivity index (χ1n) is 11.3. The Bertz CT molecular complexity index is 1590. The van der Waals surface area contributed by atoms with Crippen LogP contribution in [-0.4, -0.2) is 5.91 Å². The third kappa shape index (κ3) is 3.84. The first kappa shape index (κ1) is 22.4. The van der Waals surface area contributed by atoms with E-state index in [4.69, 9.17) is 0 Å². The molecule has 1 aliphatic rings. The number of carbonyl (C=O) groups excluding carboxylic acids is 1. The second-order valence-electron chi connectivity index (χ2n) is 8.49. The van der Waals surface area contributed by atoms with Crippen LogP contribution >= 0.6 is 11.8 Å². The van der Waals surface area contributed by atoms with Crippen molar-refractivity contribution in [2.75, 3.05) is 4.90 Å². The predicted octanol–water partition coefficient (Wildman–Crippen LogP) is 8.97. The Labute approximate surface area is 210 Å². The maximum Gasteiger partial charge on any atom is 0.416 e. The van der Waals surface area contributed by atoms with Gasteiger partial charge in [-0.2, -0.15) is 13.2 Å². The molecule has 0 unspecified atom stereocenters. The molecule has 0 aliphatic carbocycles. The van der Waals surface area contributed by atoms with Crippen molar-refractivity contribution in [3.8, 4) is 11.1 Å². The van der Waals surface area contributed by atoms with E-state index in [-0.39, 0.29) is 5.91 Å². The average Bonchev–Trinajstić information content (AvgIpc) is 3.18. The molecule has 6 rings (SSSR count). The molecule has 1 aliphatic heterocycles. The summed E-state index contributed by atoms with van der Waals surface area (Å²) in [7, 11) is 0. The molecule has 0 atom stereocenters. The van der Waals surface area contributed by atoms with E-state index in [1.54, 1.807) is 17.8 Å². The lowest BCUT2D eigenvalue weighted by Gasteiger charge is -2.19. The number of amides is 1. The van der Waals surface area contributed by atoms with Crippen molar-refractivity contribution in [2.24, 2.45) is 0 Å². The number of anilines is 2. The molecule has 36 heavy (non-hydrogen) atoms. The summed E-state index contributed by atoms with van der Waals surface area (Å²) in [6.45, 7) is 0. The zero-order valence-electron chi connectivity index (χ0n) is 18.8. The Morgan fingerprint density at radius 1 is 0.639 bits per heavy atom. The molecule has 0 bridgehead atoms. The molecule has 0 saturated carbocycles. The lowest BCUT2D eigenvalue weighted by atomic mass is 9.96. The number of carbonyl (C=O) groups is 1. The van der Waals surface area contributed by atoms with Gasteiger partial charge in [0.25, 0.3) is 5.91 Å². The summed E-state index contributed by atoms with van der Waals surface area (Å²) in [6.07, 6.45) is -4.43. The van der Waals surface area contributed by atoms with Gasteiger partial charge in [-0.15, -0.1) is 0 Å². The summed E-state index contributed by atoms with van der Waals surface area (Å²) in [5, 5.41) is 1.74. The third-order valence-corrected chi connectivity index (χ3v) is 7.31. The van der Waals surface area contributed by atoms with E-state index >= 15 is 0 Å². The van der Waals surface area contributed by atoms with Gasteiger partial charge >= 0.3 is 6.18 Å². The maximum absolute atomic E-state index is 13.3. The summed E-state index contributed by atoms with van der Waals surface area (Å²) in [5.74, 6) is -0.248. The van der Waals surface area contributed by atoms with Crippen LogP contribution in [0.3, 0.4) is 0 Å². The predicted molar refractivity (Wildman–Crippen MR) is 138 cm³/mol. The first-order chi connectivity index (χ1) is 17.4. The molecular formula is C30H18F3NOS. The molecule has 0 saturated heterocycles. The van der Waals surface area contributed by atoms with Gasteiger partial charge in [0.2, 0.25) is 0 Å². The highest BCUT2D eigenvalue weighted by Gasteiger charge is 2.34. The van der Waals surface area contributed by atoms with E-state index in [9.17, 15) is 18.0 Å². The van der Waals surface area contributed by atoms with Crippen molar-refractivity contribution in [1.82, 2.24) is 0 Å². The first-order valence-corrected chi connectivity index (χ1v) is 12.1. The summed E-state index contributed by atoms with van der Waals surface area (Å²) >= 11 is 1.69. The fraction of sp³-hybridized carbons (Fsp3) is 0.0333. The average molecular weight is 498 g/mol. The lowest BCUT2D eigenvalue weighted by Crippen LogP contribution is -2.21. The third-order valence-electron chi connectivity index (χ3n) is 6.29. The van der Waals surface area contributed by atoms with Gasteiger partial charge < -0.3 is 0 Å². The normalized spacial score (nSPS) is 13.0. The van der Waals surface area contributed by atoms with E-state index in [2.05, 4.69) is 36.4 Å². The van der Waals surface area contributed by atoms with Crippen LogP contribution in [0.5, 0.6) is 0 Å². The summed E-state index contributed by atoms with van der Waals surface area (Å²) in [5.41, 5.74) is 2.89. The molecule has 0 N–H and O–H groups in total. The Kier molecular flexibility index (Phi) is 5.34. The van der Waals surface area contributed by atoms with Gasteiger partial charge in [0.1, 0.15) is 0 Å². The standard InChI is InChI=1S/C30H18F3NOS/c31-30(32,33)20-11-13-21(14-12-20)34-27-18-17-24(25-7-4-8-26(28(25)27)29(34)35)19-9-15-23(16-10-19)36-22-5-2-1-3-6-22/h1-18H. The molecule has 6 heteroatoms. The van der Waals surface area contributed by atoms with E-state index in [1.165, 1.54) is 17.0 Å². The number of alkyl halides is 3. The minimum absolute atomic E-state index is 0.248. The van der Waals surface area contributed by atoms with Gasteiger partial charge in [-0.05, 0) is 77.2 Å². The highest BCUT2D eigenvalue weighted by Crippen LogP contribution is 2.45. The van der Waals surface area contributed by atoms with Gasteiger partial charge in [-0.25, -0.2) is 0 Å². The number of hydrogen-bond donors (Lipinski definition) is 0. The molecular weight excluding hydrogens is 479 g/mol. The number of rotatable bonds is 4. The smallest absolute Gasteiger partial charge is 0.276 e. The van der Waals surface area contributed by atoms with Crippen molar-refractivity contribution in [3.05, 3.63) is 120 Å². The SMILES string of the molecule is O=C1c2cccc3c(-c4ccc(Sc5ccccc5)cc4)ccc(c23)N1c1ccc(C(F)(F)F)cc1. The van der Waals surface area contributed by atoms with Crippen LogP contribution in [0.15, 0.2) is 119 Å². The topological polar surface area (TPSA) is 20.3 Å². The van der Waals surface area contributed by atoms with Crippen LogP contribution in [0, 0.1) is 0 Å². The summed E-state index contributed by atoms with van der Waals surface area (Å²) in [6, 6.07) is 32.6. The van der Waals surface area contributed by atoms with Crippen LogP contribution in [0.4, 0.5) is 24.5 Å². The second kappa shape index (κ2) is 8.57. The number of benzene rings is 5. The Morgan fingerprint density at radius 3 is 2.03 bits per heavy atom.